The zero-order valence-corrected chi connectivity index (χ0v) is 17.0. The molecule has 1 nitrogen and oxygen atoms in total. The Bertz CT molecular complexity index is 1260. The summed E-state index contributed by atoms with van der Waals surface area (Å²) in [6, 6.07) is 43.1. The molecule has 1 heteroatoms. The maximum atomic E-state index is 2.25. The number of rotatable bonds is 4. The minimum Gasteiger partial charge on any atom is -0.344 e. The zero-order valence-electron chi connectivity index (χ0n) is 17.0. The summed E-state index contributed by atoms with van der Waals surface area (Å²) in [5.41, 5.74) is 7.34. The minimum atomic E-state index is 1.18. The molecule has 0 radical (unpaired) electrons. The number of hydrogen-bond donors (Lipinski definition) is 0. The quantitative estimate of drug-likeness (QED) is 0.303. The summed E-state index contributed by atoms with van der Waals surface area (Å²) in [7, 11) is 2.13. The lowest BCUT2D eigenvalue weighted by Crippen LogP contribution is -2.09. The van der Waals surface area contributed by atoms with Crippen LogP contribution < -0.4 is 4.90 Å². The fourth-order valence-corrected chi connectivity index (χ4v) is 4.00. The van der Waals surface area contributed by atoms with Gasteiger partial charge in [0.05, 0.1) is 0 Å². The molecule has 0 N–H and O–H groups in total. The molecule has 0 aromatic heterocycles. The summed E-state index contributed by atoms with van der Waals surface area (Å²) in [6.45, 7) is 0. The highest BCUT2D eigenvalue weighted by Crippen LogP contribution is 2.32. The van der Waals surface area contributed by atoms with Gasteiger partial charge in [-0.25, -0.2) is 0 Å². The van der Waals surface area contributed by atoms with Crippen molar-refractivity contribution >= 4 is 22.1 Å². The molecule has 0 saturated heterocycles. The second kappa shape index (κ2) is 7.88. The Morgan fingerprint density at radius 2 is 0.933 bits per heavy atom. The highest BCUT2D eigenvalue weighted by atomic mass is 15.1. The van der Waals surface area contributed by atoms with E-state index in [4.69, 9.17) is 0 Å². The smallest absolute Gasteiger partial charge is 0.0487 e. The van der Waals surface area contributed by atoms with Crippen molar-refractivity contribution in [1.82, 2.24) is 0 Å². The fraction of sp³-hybridized carbons (Fsp3) is 0.0345. The number of anilines is 2. The Morgan fingerprint density at radius 3 is 1.60 bits per heavy atom. The lowest BCUT2D eigenvalue weighted by atomic mass is 10.00. The molecule has 5 rings (SSSR count). The summed E-state index contributed by atoms with van der Waals surface area (Å²) in [4.78, 5) is 2.25. The average Bonchev–Trinajstić information content (AvgIpc) is 2.84. The van der Waals surface area contributed by atoms with Gasteiger partial charge in [-0.15, -0.1) is 0 Å². The van der Waals surface area contributed by atoms with E-state index in [1.54, 1.807) is 0 Å². The van der Waals surface area contributed by atoms with Crippen LogP contribution in [0.2, 0.25) is 0 Å². The second-order valence-electron chi connectivity index (χ2n) is 7.55. The van der Waals surface area contributed by atoms with Gasteiger partial charge in [0.25, 0.3) is 0 Å². The van der Waals surface area contributed by atoms with Gasteiger partial charge in [0.2, 0.25) is 0 Å². The van der Waals surface area contributed by atoms with Gasteiger partial charge in [-0.1, -0.05) is 103 Å². The molecule has 5 aromatic rings. The Balaban J connectivity index is 1.41. The minimum absolute atomic E-state index is 1.18. The van der Waals surface area contributed by atoms with Gasteiger partial charge in [0, 0.05) is 23.8 Å². The molecule has 144 valence electrons. The van der Waals surface area contributed by atoms with Crippen LogP contribution in [0.4, 0.5) is 11.4 Å². The Morgan fingerprint density at radius 1 is 0.433 bits per heavy atom. The molecule has 0 atom stereocenters. The van der Waals surface area contributed by atoms with Gasteiger partial charge in [-0.2, -0.15) is 0 Å². The standard InChI is InChI=1S/C29H23N/c1-30(29-13-7-11-26-10-5-6-12-28(26)29)27-20-18-25(19-21-27)24-16-14-23(15-17-24)22-8-3-2-4-9-22/h2-21H,1H3. The van der Waals surface area contributed by atoms with Crippen LogP contribution in [0.1, 0.15) is 0 Å². The Labute approximate surface area is 177 Å². The van der Waals surface area contributed by atoms with Crippen LogP contribution in [0.3, 0.4) is 0 Å². The SMILES string of the molecule is CN(c1ccc(-c2ccc(-c3ccccc3)cc2)cc1)c1cccc2ccccc12. The average molecular weight is 386 g/mol. The molecule has 0 aliphatic rings. The summed E-state index contributed by atoms with van der Waals surface area (Å²) in [5, 5.41) is 2.53. The molecule has 0 heterocycles. The third kappa shape index (κ3) is 3.46. The molecule has 0 amide bonds. The summed E-state index contributed by atoms with van der Waals surface area (Å²) in [6.07, 6.45) is 0. The van der Waals surface area contributed by atoms with E-state index >= 15 is 0 Å². The van der Waals surface area contributed by atoms with E-state index < -0.39 is 0 Å². The maximum absolute atomic E-state index is 2.25. The first-order chi connectivity index (χ1) is 14.8. The number of benzene rings is 5. The van der Waals surface area contributed by atoms with Gasteiger partial charge < -0.3 is 4.90 Å². The molecular weight excluding hydrogens is 362 g/mol. The molecular formula is C29H23N. The second-order valence-corrected chi connectivity index (χ2v) is 7.55. The molecule has 0 bridgehead atoms. The van der Waals surface area contributed by atoms with Gasteiger partial charge >= 0.3 is 0 Å². The van der Waals surface area contributed by atoms with Gasteiger partial charge in [0.15, 0.2) is 0 Å². The molecule has 5 aromatic carbocycles. The van der Waals surface area contributed by atoms with Crippen LogP contribution in [0.5, 0.6) is 0 Å². The van der Waals surface area contributed by atoms with Crippen molar-refractivity contribution in [2.75, 3.05) is 11.9 Å². The molecule has 0 fully saturated rings. The molecule has 30 heavy (non-hydrogen) atoms. The van der Waals surface area contributed by atoms with Crippen molar-refractivity contribution in [2.45, 2.75) is 0 Å². The van der Waals surface area contributed by atoms with Crippen LogP contribution in [0.25, 0.3) is 33.0 Å². The fourth-order valence-electron chi connectivity index (χ4n) is 4.00. The molecule has 0 aliphatic carbocycles. The first-order valence-corrected chi connectivity index (χ1v) is 10.3. The lowest BCUT2D eigenvalue weighted by molar-refractivity contribution is 1.22. The van der Waals surface area contributed by atoms with Crippen molar-refractivity contribution in [3.05, 3.63) is 121 Å². The third-order valence-electron chi connectivity index (χ3n) is 5.71. The Kier molecular flexibility index (Phi) is 4.78. The zero-order chi connectivity index (χ0) is 20.3. The van der Waals surface area contributed by atoms with Crippen molar-refractivity contribution < 1.29 is 0 Å². The van der Waals surface area contributed by atoms with Crippen molar-refractivity contribution in [3.8, 4) is 22.3 Å². The largest absolute Gasteiger partial charge is 0.344 e. The van der Waals surface area contributed by atoms with Crippen molar-refractivity contribution in [2.24, 2.45) is 0 Å². The summed E-state index contributed by atoms with van der Waals surface area (Å²) in [5.74, 6) is 0. The summed E-state index contributed by atoms with van der Waals surface area (Å²) >= 11 is 0. The van der Waals surface area contributed by atoms with E-state index in [0.717, 1.165) is 0 Å². The topological polar surface area (TPSA) is 3.24 Å². The van der Waals surface area contributed by atoms with Crippen molar-refractivity contribution in [1.29, 1.82) is 0 Å². The van der Waals surface area contributed by atoms with E-state index in [1.165, 1.54) is 44.4 Å². The maximum Gasteiger partial charge on any atom is 0.0487 e. The molecule has 0 unspecified atom stereocenters. The third-order valence-corrected chi connectivity index (χ3v) is 5.71. The molecule has 0 spiro atoms. The van der Waals surface area contributed by atoms with Crippen LogP contribution in [-0.4, -0.2) is 7.05 Å². The first kappa shape index (κ1) is 18.2. The number of hydrogen-bond acceptors (Lipinski definition) is 1. The molecule has 0 aliphatic heterocycles. The van der Waals surface area contributed by atoms with E-state index in [9.17, 15) is 0 Å². The van der Waals surface area contributed by atoms with E-state index in [0.29, 0.717) is 0 Å². The first-order valence-electron chi connectivity index (χ1n) is 10.3. The van der Waals surface area contributed by atoms with Crippen LogP contribution >= 0.6 is 0 Å². The van der Waals surface area contributed by atoms with Crippen LogP contribution in [0, 0.1) is 0 Å². The van der Waals surface area contributed by atoms with Crippen LogP contribution in [-0.2, 0) is 0 Å². The predicted molar refractivity (Wildman–Crippen MR) is 129 cm³/mol. The number of fused-ring (bicyclic) bond motifs is 1. The summed E-state index contributed by atoms with van der Waals surface area (Å²) < 4.78 is 0. The number of nitrogens with zero attached hydrogens (tertiary/aromatic N) is 1. The van der Waals surface area contributed by atoms with Crippen molar-refractivity contribution in [3.63, 3.8) is 0 Å². The van der Waals surface area contributed by atoms with Gasteiger partial charge in [0.1, 0.15) is 0 Å². The lowest BCUT2D eigenvalue weighted by Gasteiger charge is -2.22. The van der Waals surface area contributed by atoms with Gasteiger partial charge in [-0.3, -0.25) is 0 Å². The highest BCUT2D eigenvalue weighted by molar-refractivity contribution is 5.96. The monoisotopic (exact) mass is 385 g/mol. The Hall–Kier alpha value is -3.84. The molecule has 0 saturated carbocycles. The highest BCUT2D eigenvalue weighted by Gasteiger charge is 2.08. The van der Waals surface area contributed by atoms with E-state index in [1.807, 2.05) is 0 Å². The van der Waals surface area contributed by atoms with Gasteiger partial charge in [-0.05, 0) is 45.8 Å². The normalized spacial score (nSPS) is 10.8. The van der Waals surface area contributed by atoms with E-state index in [-0.39, 0.29) is 0 Å². The van der Waals surface area contributed by atoms with Crippen LogP contribution in [0.15, 0.2) is 121 Å². The van der Waals surface area contributed by atoms with E-state index in [2.05, 4.69) is 133 Å². The predicted octanol–water partition coefficient (Wildman–Crippen LogP) is 7.94.